The van der Waals surface area contributed by atoms with E-state index in [1.54, 1.807) is 11.3 Å². The average molecular weight is 322 g/mol. The van der Waals surface area contributed by atoms with E-state index in [0.29, 0.717) is 6.42 Å². The molecule has 0 unspecified atom stereocenters. The van der Waals surface area contributed by atoms with Crippen LogP contribution < -0.4 is 0 Å². The summed E-state index contributed by atoms with van der Waals surface area (Å²) in [6.45, 7) is 1.57. The van der Waals surface area contributed by atoms with E-state index >= 15 is 0 Å². The van der Waals surface area contributed by atoms with E-state index in [9.17, 15) is 4.79 Å². The highest BCUT2D eigenvalue weighted by Gasteiger charge is 2.20. The average Bonchev–Trinajstić information content (AvgIpc) is 3.02. The molecule has 2 aromatic carbocycles. The van der Waals surface area contributed by atoms with E-state index in [1.807, 2.05) is 29.2 Å². The van der Waals surface area contributed by atoms with Crippen molar-refractivity contribution in [1.29, 1.82) is 0 Å². The minimum atomic E-state index is 0.235. The standard InChI is InChI=1S/C19H18N2OS/c22-19(21-12-11-14-5-1-2-6-15(14)13-21)10-9-18-20-16-7-3-4-8-17(16)23-18/h1-8H,9-13H2. The van der Waals surface area contributed by atoms with Gasteiger partial charge in [0.05, 0.1) is 15.2 Å². The van der Waals surface area contributed by atoms with Crippen molar-refractivity contribution < 1.29 is 4.79 Å². The third-order valence-corrected chi connectivity index (χ3v) is 5.47. The van der Waals surface area contributed by atoms with Crippen molar-refractivity contribution in [3.63, 3.8) is 0 Å². The molecule has 3 aromatic rings. The highest BCUT2D eigenvalue weighted by molar-refractivity contribution is 7.18. The van der Waals surface area contributed by atoms with Gasteiger partial charge in [0.2, 0.25) is 5.91 Å². The van der Waals surface area contributed by atoms with Crippen LogP contribution in [0.15, 0.2) is 48.5 Å². The monoisotopic (exact) mass is 322 g/mol. The van der Waals surface area contributed by atoms with Crippen molar-refractivity contribution in [1.82, 2.24) is 9.88 Å². The number of hydrogen-bond acceptors (Lipinski definition) is 3. The van der Waals surface area contributed by atoms with Crippen LogP contribution in [0.25, 0.3) is 10.2 Å². The van der Waals surface area contributed by atoms with Crippen LogP contribution in [0.5, 0.6) is 0 Å². The number of carbonyl (C=O) groups excluding carboxylic acids is 1. The molecule has 4 heteroatoms. The Morgan fingerprint density at radius 3 is 2.74 bits per heavy atom. The number of rotatable bonds is 3. The van der Waals surface area contributed by atoms with Gasteiger partial charge in [-0.1, -0.05) is 36.4 Å². The maximum Gasteiger partial charge on any atom is 0.223 e. The van der Waals surface area contributed by atoms with Gasteiger partial charge in [-0.05, 0) is 29.7 Å². The van der Waals surface area contributed by atoms with Gasteiger partial charge in [-0.2, -0.15) is 0 Å². The van der Waals surface area contributed by atoms with Crippen molar-refractivity contribution in [2.24, 2.45) is 0 Å². The SMILES string of the molecule is O=C(CCc1nc2ccccc2s1)N1CCc2ccccc2C1. The van der Waals surface area contributed by atoms with Crippen LogP contribution in [-0.2, 0) is 24.2 Å². The molecule has 0 saturated heterocycles. The molecule has 23 heavy (non-hydrogen) atoms. The molecule has 0 spiro atoms. The number of aryl methyl sites for hydroxylation is 1. The van der Waals surface area contributed by atoms with Gasteiger partial charge in [0.15, 0.2) is 0 Å². The van der Waals surface area contributed by atoms with E-state index in [2.05, 4.69) is 29.2 Å². The maximum absolute atomic E-state index is 12.5. The largest absolute Gasteiger partial charge is 0.338 e. The van der Waals surface area contributed by atoms with Crippen molar-refractivity contribution in [2.45, 2.75) is 25.8 Å². The normalized spacial score (nSPS) is 14.0. The summed E-state index contributed by atoms with van der Waals surface area (Å²) in [4.78, 5) is 19.1. The minimum absolute atomic E-state index is 0.235. The number of thiazole rings is 1. The fourth-order valence-corrected chi connectivity index (χ4v) is 4.07. The first kappa shape index (κ1) is 14.4. The summed E-state index contributed by atoms with van der Waals surface area (Å²) in [6.07, 6.45) is 2.24. The Kier molecular flexibility index (Phi) is 3.83. The Morgan fingerprint density at radius 2 is 1.87 bits per heavy atom. The first-order chi connectivity index (χ1) is 11.3. The molecule has 0 radical (unpaired) electrons. The molecular weight excluding hydrogens is 304 g/mol. The van der Waals surface area contributed by atoms with Crippen molar-refractivity contribution in [2.75, 3.05) is 6.54 Å². The molecular formula is C19H18N2OS. The van der Waals surface area contributed by atoms with Crippen LogP contribution >= 0.6 is 11.3 Å². The molecule has 2 heterocycles. The van der Waals surface area contributed by atoms with E-state index in [-0.39, 0.29) is 5.91 Å². The predicted molar refractivity (Wildman–Crippen MR) is 93.5 cm³/mol. The Bertz CT molecular complexity index is 822. The van der Waals surface area contributed by atoms with Crippen molar-refractivity contribution in [3.05, 3.63) is 64.7 Å². The number of hydrogen-bond donors (Lipinski definition) is 0. The van der Waals surface area contributed by atoms with E-state index in [1.165, 1.54) is 15.8 Å². The lowest BCUT2D eigenvalue weighted by atomic mass is 9.99. The molecule has 0 saturated carbocycles. The van der Waals surface area contributed by atoms with E-state index < -0.39 is 0 Å². The minimum Gasteiger partial charge on any atom is -0.338 e. The van der Waals surface area contributed by atoms with Gasteiger partial charge in [-0.3, -0.25) is 4.79 Å². The second-order valence-corrected chi connectivity index (χ2v) is 7.02. The molecule has 1 aromatic heterocycles. The Labute approximate surface area is 139 Å². The molecule has 0 bridgehead atoms. The second kappa shape index (κ2) is 6.13. The highest BCUT2D eigenvalue weighted by Crippen LogP contribution is 2.23. The Morgan fingerprint density at radius 1 is 1.09 bits per heavy atom. The lowest BCUT2D eigenvalue weighted by molar-refractivity contribution is -0.132. The molecule has 0 atom stereocenters. The molecule has 0 N–H and O–H groups in total. The van der Waals surface area contributed by atoms with Crippen molar-refractivity contribution >= 4 is 27.5 Å². The zero-order chi connectivity index (χ0) is 15.6. The van der Waals surface area contributed by atoms with E-state index in [0.717, 1.165) is 36.5 Å². The molecule has 116 valence electrons. The Balaban J connectivity index is 1.40. The quantitative estimate of drug-likeness (QED) is 0.734. The van der Waals surface area contributed by atoms with Gasteiger partial charge >= 0.3 is 0 Å². The first-order valence-electron chi connectivity index (χ1n) is 7.98. The van der Waals surface area contributed by atoms with Crippen LogP contribution in [0, 0.1) is 0 Å². The molecule has 1 aliphatic heterocycles. The van der Waals surface area contributed by atoms with Gasteiger partial charge in [-0.15, -0.1) is 11.3 Å². The molecule has 0 aliphatic carbocycles. The lowest BCUT2D eigenvalue weighted by Gasteiger charge is -2.28. The van der Waals surface area contributed by atoms with Gasteiger partial charge in [-0.25, -0.2) is 4.98 Å². The maximum atomic E-state index is 12.5. The van der Waals surface area contributed by atoms with Gasteiger partial charge < -0.3 is 4.90 Å². The summed E-state index contributed by atoms with van der Waals surface area (Å²) in [5.74, 6) is 0.235. The number of nitrogens with zero attached hydrogens (tertiary/aromatic N) is 2. The molecule has 4 rings (SSSR count). The summed E-state index contributed by atoms with van der Waals surface area (Å²) < 4.78 is 1.20. The predicted octanol–water partition coefficient (Wildman–Crippen LogP) is 3.81. The summed E-state index contributed by atoms with van der Waals surface area (Å²) in [7, 11) is 0. The fraction of sp³-hybridized carbons (Fsp3) is 0.263. The summed E-state index contributed by atoms with van der Waals surface area (Å²) >= 11 is 1.69. The lowest BCUT2D eigenvalue weighted by Crippen LogP contribution is -2.36. The number of aromatic nitrogens is 1. The number of fused-ring (bicyclic) bond motifs is 2. The molecule has 1 amide bonds. The second-order valence-electron chi connectivity index (χ2n) is 5.91. The Hall–Kier alpha value is -2.20. The zero-order valence-electron chi connectivity index (χ0n) is 12.9. The number of benzene rings is 2. The zero-order valence-corrected chi connectivity index (χ0v) is 13.7. The molecule has 3 nitrogen and oxygen atoms in total. The first-order valence-corrected chi connectivity index (χ1v) is 8.80. The number of para-hydroxylation sites is 1. The highest BCUT2D eigenvalue weighted by atomic mass is 32.1. The smallest absolute Gasteiger partial charge is 0.223 e. The van der Waals surface area contributed by atoms with Gasteiger partial charge in [0, 0.05) is 25.9 Å². The number of amides is 1. The molecule has 0 fully saturated rings. The van der Waals surface area contributed by atoms with Crippen LogP contribution in [0.2, 0.25) is 0 Å². The summed E-state index contributed by atoms with van der Waals surface area (Å²) in [5, 5.41) is 1.05. The van der Waals surface area contributed by atoms with Crippen LogP contribution in [0.1, 0.15) is 22.6 Å². The number of carbonyl (C=O) groups is 1. The van der Waals surface area contributed by atoms with E-state index in [4.69, 9.17) is 0 Å². The third kappa shape index (κ3) is 2.99. The van der Waals surface area contributed by atoms with Crippen LogP contribution in [-0.4, -0.2) is 22.3 Å². The van der Waals surface area contributed by atoms with Crippen molar-refractivity contribution in [3.8, 4) is 0 Å². The topological polar surface area (TPSA) is 33.2 Å². The fourth-order valence-electron chi connectivity index (χ4n) is 3.11. The summed E-state index contributed by atoms with van der Waals surface area (Å²) in [5.41, 5.74) is 3.70. The third-order valence-electron chi connectivity index (χ3n) is 4.37. The van der Waals surface area contributed by atoms with Gasteiger partial charge in [0.25, 0.3) is 0 Å². The van der Waals surface area contributed by atoms with Crippen LogP contribution in [0.4, 0.5) is 0 Å². The molecule has 1 aliphatic rings. The van der Waals surface area contributed by atoms with Gasteiger partial charge in [0.1, 0.15) is 0 Å². The summed E-state index contributed by atoms with van der Waals surface area (Å²) in [6, 6.07) is 16.6. The van der Waals surface area contributed by atoms with Crippen LogP contribution in [0.3, 0.4) is 0 Å².